The average molecular weight is 452 g/mol. The van der Waals surface area contributed by atoms with Crippen molar-refractivity contribution in [2.75, 3.05) is 0 Å². The van der Waals surface area contributed by atoms with E-state index < -0.39 is 0 Å². The molecule has 7 heteroatoms. The van der Waals surface area contributed by atoms with Crippen molar-refractivity contribution in [1.82, 2.24) is 24.6 Å². The lowest BCUT2D eigenvalue weighted by molar-refractivity contribution is -0.122. The van der Waals surface area contributed by atoms with Crippen LogP contribution >= 0.6 is 0 Å². The minimum Gasteiger partial charge on any atom is -0.350 e. The van der Waals surface area contributed by atoms with E-state index in [2.05, 4.69) is 47.4 Å². The van der Waals surface area contributed by atoms with E-state index in [1.807, 2.05) is 41.0 Å². The van der Waals surface area contributed by atoms with Gasteiger partial charge in [0.05, 0.1) is 6.20 Å². The van der Waals surface area contributed by atoms with Crippen LogP contribution in [-0.4, -0.2) is 25.2 Å². The Hall–Kier alpha value is -4.26. The van der Waals surface area contributed by atoms with Crippen molar-refractivity contribution in [1.29, 1.82) is 0 Å². The Labute approximate surface area is 196 Å². The van der Waals surface area contributed by atoms with Crippen LogP contribution in [0.2, 0.25) is 0 Å². The van der Waals surface area contributed by atoms with Gasteiger partial charge < -0.3 is 9.88 Å². The summed E-state index contributed by atoms with van der Waals surface area (Å²) in [7, 11) is 0. The summed E-state index contributed by atoms with van der Waals surface area (Å²) in [5.41, 5.74) is 5.62. The number of hydrogen-bond acceptors (Lipinski definition) is 4. The first-order valence-electron chi connectivity index (χ1n) is 11.2. The van der Waals surface area contributed by atoms with E-state index in [0.717, 1.165) is 27.4 Å². The predicted molar refractivity (Wildman–Crippen MR) is 133 cm³/mol. The molecule has 1 amide bonds. The van der Waals surface area contributed by atoms with Gasteiger partial charge in [0, 0.05) is 41.8 Å². The van der Waals surface area contributed by atoms with E-state index in [9.17, 15) is 9.59 Å². The van der Waals surface area contributed by atoms with Crippen molar-refractivity contribution in [3.8, 4) is 0 Å². The van der Waals surface area contributed by atoms with E-state index in [0.29, 0.717) is 18.6 Å². The Morgan fingerprint density at radius 1 is 1.00 bits per heavy atom. The largest absolute Gasteiger partial charge is 0.350 e. The van der Waals surface area contributed by atoms with Crippen LogP contribution in [0.5, 0.6) is 0 Å². The molecule has 34 heavy (non-hydrogen) atoms. The second kappa shape index (κ2) is 8.94. The lowest BCUT2D eigenvalue weighted by atomic mass is 10.1. The molecule has 0 aliphatic rings. The Kier molecular flexibility index (Phi) is 5.67. The summed E-state index contributed by atoms with van der Waals surface area (Å²) >= 11 is 0. The van der Waals surface area contributed by atoms with Crippen LogP contribution in [0.15, 0.2) is 78.0 Å². The number of para-hydroxylation sites is 1. The molecule has 0 spiro atoms. The molecule has 0 fully saturated rings. The Balaban J connectivity index is 1.53. The summed E-state index contributed by atoms with van der Waals surface area (Å²) in [5.74, 6) is -0.282. The summed E-state index contributed by atoms with van der Waals surface area (Å²) in [6, 6.07) is 18.0. The van der Waals surface area contributed by atoms with Gasteiger partial charge in [0.1, 0.15) is 12.1 Å². The molecule has 0 saturated carbocycles. The molecule has 0 aliphatic carbocycles. The number of pyridine rings is 1. The fourth-order valence-electron chi connectivity index (χ4n) is 4.31. The Morgan fingerprint density at radius 2 is 1.85 bits per heavy atom. The highest BCUT2D eigenvalue weighted by atomic mass is 16.2. The van der Waals surface area contributed by atoms with Crippen LogP contribution in [-0.2, 0) is 24.4 Å². The van der Waals surface area contributed by atoms with Crippen molar-refractivity contribution >= 4 is 27.7 Å². The van der Waals surface area contributed by atoms with Crippen molar-refractivity contribution in [2.45, 2.75) is 33.5 Å². The van der Waals surface area contributed by atoms with E-state index in [-0.39, 0.29) is 18.0 Å². The van der Waals surface area contributed by atoms with Crippen LogP contribution in [0.4, 0.5) is 0 Å². The molecule has 1 N–H and O–H groups in total. The topological polar surface area (TPSA) is 81.8 Å². The number of carbonyl (C=O) groups is 1. The van der Waals surface area contributed by atoms with Gasteiger partial charge in [0.15, 0.2) is 0 Å². The molecule has 3 heterocycles. The lowest BCUT2D eigenvalue weighted by Crippen LogP contribution is -2.33. The molecule has 0 atom stereocenters. The lowest BCUT2D eigenvalue weighted by Gasteiger charge is -2.12. The Morgan fingerprint density at radius 3 is 2.68 bits per heavy atom. The monoisotopic (exact) mass is 451 g/mol. The maximum atomic E-state index is 13.6. The summed E-state index contributed by atoms with van der Waals surface area (Å²) in [6.07, 6.45) is 5.07. The molecular weight excluding hydrogens is 426 g/mol. The van der Waals surface area contributed by atoms with Gasteiger partial charge >= 0.3 is 0 Å². The highest BCUT2D eigenvalue weighted by Gasteiger charge is 2.17. The van der Waals surface area contributed by atoms with Crippen LogP contribution < -0.4 is 10.9 Å². The highest BCUT2D eigenvalue weighted by Crippen LogP contribution is 2.27. The third-order valence-corrected chi connectivity index (χ3v) is 6.11. The number of nitrogens with zero attached hydrogens (tertiary/aromatic N) is 4. The molecule has 0 unspecified atom stereocenters. The zero-order valence-corrected chi connectivity index (χ0v) is 19.2. The molecular formula is C27H25N5O2. The maximum absolute atomic E-state index is 13.6. The van der Waals surface area contributed by atoms with Gasteiger partial charge in [-0.2, -0.15) is 5.10 Å². The van der Waals surface area contributed by atoms with Crippen LogP contribution in [0, 0.1) is 13.8 Å². The number of aromatic nitrogens is 4. The first kappa shape index (κ1) is 21.6. The zero-order valence-electron chi connectivity index (χ0n) is 19.2. The summed E-state index contributed by atoms with van der Waals surface area (Å²) in [5, 5.41) is 8.92. The van der Waals surface area contributed by atoms with E-state index in [1.165, 1.54) is 15.8 Å². The second-order valence-electron chi connectivity index (χ2n) is 8.54. The van der Waals surface area contributed by atoms with Gasteiger partial charge in [-0.1, -0.05) is 48.0 Å². The molecule has 3 aromatic heterocycles. The van der Waals surface area contributed by atoms with Crippen LogP contribution in [0.25, 0.3) is 21.8 Å². The highest BCUT2D eigenvalue weighted by molar-refractivity contribution is 6.07. The number of rotatable bonds is 6. The number of hydrogen-bond donors (Lipinski definition) is 1. The standard InChI is InChI=1S/C27H25N5O2/c1-18-9-10-19(2)21(12-18)16-31-24-8-4-3-7-22(24)23-15-30-32(27(34)26(23)31)17-25(33)29-14-20-6-5-11-28-13-20/h3-13,15H,14,16-17H2,1-2H3,(H,29,33). The zero-order chi connectivity index (χ0) is 23.7. The van der Waals surface area contributed by atoms with Crippen LogP contribution in [0.1, 0.15) is 22.3 Å². The van der Waals surface area contributed by atoms with Crippen molar-refractivity contribution in [3.05, 3.63) is 106 Å². The molecule has 5 rings (SSSR count). The fraction of sp³-hybridized carbons (Fsp3) is 0.185. The Bertz CT molecular complexity index is 1570. The van der Waals surface area contributed by atoms with Crippen molar-refractivity contribution < 1.29 is 4.79 Å². The van der Waals surface area contributed by atoms with E-state index in [4.69, 9.17) is 0 Å². The smallest absolute Gasteiger partial charge is 0.291 e. The molecule has 0 radical (unpaired) electrons. The summed E-state index contributed by atoms with van der Waals surface area (Å²) < 4.78 is 3.28. The van der Waals surface area contributed by atoms with Crippen molar-refractivity contribution in [3.63, 3.8) is 0 Å². The average Bonchev–Trinajstić information content (AvgIpc) is 3.17. The molecule has 5 aromatic rings. The number of carbonyl (C=O) groups excluding carboxylic acids is 1. The van der Waals surface area contributed by atoms with Crippen molar-refractivity contribution in [2.24, 2.45) is 0 Å². The SMILES string of the molecule is Cc1ccc(C)c(Cn2c3ccccc3c3cnn(CC(=O)NCc4cccnc4)c(=O)c32)c1. The normalized spacial score (nSPS) is 11.2. The quantitative estimate of drug-likeness (QED) is 0.427. The molecule has 7 nitrogen and oxygen atoms in total. The third-order valence-electron chi connectivity index (χ3n) is 6.11. The van der Waals surface area contributed by atoms with Gasteiger partial charge in [0.2, 0.25) is 5.91 Å². The second-order valence-corrected chi connectivity index (χ2v) is 8.54. The minimum absolute atomic E-state index is 0.153. The number of fused-ring (bicyclic) bond motifs is 3. The molecule has 170 valence electrons. The summed E-state index contributed by atoms with van der Waals surface area (Å²) in [6.45, 7) is 4.89. The van der Waals surface area contributed by atoms with Gasteiger partial charge in [-0.05, 0) is 42.7 Å². The molecule has 0 saturated heterocycles. The molecule has 0 bridgehead atoms. The number of nitrogens with one attached hydrogen (secondary N) is 1. The number of aryl methyl sites for hydroxylation is 2. The number of amides is 1. The summed E-state index contributed by atoms with van der Waals surface area (Å²) in [4.78, 5) is 30.2. The minimum atomic E-state index is -0.282. The van der Waals surface area contributed by atoms with Gasteiger partial charge in [-0.3, -0.25) is 14.6 Å². The van der Waals surface area contributed by atoms with E-state index in [1.54, 1.807) is 18.6 Å². The predicted octanol–water partition coefficient (Wildman–Crippen LogP) is 3.73. The van der Waals surface area contributed by atoms with Gasteiger partial charge in [-0.25, -0.2) is 4.68 Å². The van der Waals surface area contributed by atoms with Gasteiger partial charge in [-0.15, -0.1) is 0 Å². The fourth-order valence-corrected chi connectivity index (χ4v) is 4.31. The van der Waals surface area contributed by atoms with Crippen LogP contribution in [0.3, 0.4) is 0 Å². The first-order valence-corrected chi connectivity index (χ1v) is 11.2. The molecule has 2 aromatic carbocycles. The third kappa shape index (κ3) is 4.08. The van der Waals surface area contributed by atoms with Gasteiger partial charge in [0.25, 0.3) is 5.56 Å². The number of benzene rings is 2. The molecule has 0 aliphatic heterocycles. The maximum Gasteiger partial charge on any atom is 0.291 e. The van der Waals surface area contributed by atoms with E-state index >= 15 is 0 Å². The first-order chi connectivity index (χ1) is 16.5.